The highest BCUT2D eigenvalue weighted by atomic mass is 16.5. The van der Waals surface area contributed by atoms with Gasteiger partial charge in [-0.15, -0.1) is 0 Å². The lowest BCUT2D eigenvalue weighted by atomic mass is 9.96. The first-order valence-corrected chi connectivity index (χ1v) is 11.3. The van der Waals surface area contributed by atoms with Gasteiger partial charge in [0.2, 0.25) is 0 Å². The van der Waals surface area contributed by atoms with Crippen molar-refractivity contribution in [1.82, 2.24) is 14.5 Å². The molecule has 2 aromatic carbocycles. The number of aliphatic hydroxyl groups is 1. The fraction of sp³-hybridized carbons (Fsp3) is 0.423. The number of likely N-dealkylation sites (tertiary alicyclic amines) is 1. The summed E-state index contributed by atoms with van der Waals surface area (Å²) in [6.07, 6.45) is 6.12. The molecule has 1 saturated heterocycles. The van der Waals surface area contributed by atoms with Crippen molar-refractivity contribution in [2.75, 3.05) is 19.7 Å². The molecule has 1 fully saturated rings. The van der Waals surface area contributed by atoms with Crippen LogP contribution in [-0.2, 0) is 20.2 Å². The zero-order valence-electron chi connectivity index (χ0n) is 19.0. The van der Waals surface area contributed by atoms with Crippen LogP contribution in [0, 0.1) is 6.92 Å². The van der Waals surface area contributed by atoms with Crippen LogP contribution in [0.5, 0.6) is 11.5 Å². The van der Waals surface area contributed by atoms with Crippen molar-refractivity contribution in [3.05, 3.63) is 77.9 Å². The van der Waals surface area contributed by atoms with Gasteiger partial charge in [-0.1, -0.05) is 29.8 Å². The standard InChI is InChI=1S/C26H33N3O3/c1-21-4-8-24(9-5-21)32-20-26(30)12-3-15-29(16-13-26)18-22-6-10-23(11-7-22)31-19-25-27-14-17-28(25)2/h4-11,14,17,30H,3,12-13,15-16,18-20H2,1-2H3. The van der Waals surface area contributed by atoms with Crippen LogP contribution in [0.15, 0.2) is 60.9 Å². The fourth-order valence-electron chi connectivity index (χ4n) is 4.02. The van der Waals surface area contributed by atoms with E-state index in [1.54, 1.807) is 6.20 Å². The molecule has 0 amide bonds. The van der Waals surface area contributed by atoms with Crippen molar-refractivity contribution in [2.45, 2.75) is 44.9 Å². The van der Waals surface area contributed by atoms with Crippen LogP contribution < -0.4 is 9.47 Å². The van der Waals surface area contributed by atoms with Crippen molar-refractivity contribution in [1.29, 1.82) is 0 Å². The van der Waals surface area contributed by atoms with E-state index in [2.05, 4.69) is 28.9 Å². The molecule has 1 aliphatic rings. The number of hydrogen-bond acceptors (Lipinski definition) is 5. The van der Waals surface area contributed by atoms with Crippen LogP contribution in [0.3, 0.4) is 0 Å². The third-order valence-electron chi connectivity index (χ3n) is 6.16. The number of rotatable bonds is 8. The SMILES string of the molecule is Cc1ccc(OCC2(O)CCCN(Cc3ccc(OCc4nccn4C)cc3)CC2)cc1. The van der Waals surface area contributed by atoms with Gasteiger partial charge in [-0.25, -0.2) is 4.98 Å². The lowest BCUT2D eigenvalue weighted by Gasteiger charge is -2.27. The third-order valence-corrected chi connectivity index (χ3v) is 6.16. The van der Waals surface area contributed by atoms with Crippen LogP contribution in [0.4, 0.5) is 0 Å². The Kier molecular flexibility index (Phi) is 7.12. The first-order chi connectivity index (χ1) is 15.5. The molecule has 6 nitrogen and oxygen atoms in total. The molecule has 0 radical (unpaired) electrons. The van der Waals surface area contributed by atoms with Gasteiger partial charge in [-0.2, -0.15) is 0 Å². The molecule has 0 spiro atoms. The van der Waals surface area contributed by atoms with Gasteiger partial charge in [0.15, 0.2) is 0 Å². The third kappa shape index (κ3) is 6.11. The highest BCUT2D eigenvalue weighted by Crippen LogP contribution is 2.25. The van der Waals surface area contributed by atoms with E-state index in [-0.39, 0.29) is 0 Å². The maximum Gasteiger partial charge on any atom is 0.146 e. The summed E-state index contributed by atoms with van der Waals surface area (Å²) in [7, 11) is 1.96. The molecule has 1 aromatic heterocycles. The molecule has 1 N–H and O–H groups in total. The number of aryl methyl sites for hydroxylation is 2. The van der Waals surface area contributed by atoms with E-state index in [0.717, 1.165) is 49.8 Å². The van der Waals surface area contributed by atoms with E-state index < -0.39 is 5.60 Å². The summed E-state index contributed by atoms with van der Waals surface area (Å²) >= 11 is 0. The summed E-state index contributed by atoms with van der Waals surface area (Å²) in [4.78, 5) is 6.69. The molecule has 0 aliphatic carbocycles. The number of imidazole rings is 1. The summed E-state index contributed by atoms with van der Waals surface area (Å²) < 4.78 is 13.7. The van der Waals surface area contributed by atoms with Gasteiger partial charge >= 0.3 is 0 Å². The Labute approximate surface area is 190 Å². The van der Waals surface area contributed by atoms with Crippen LogP contribution in [0.25, 0.3) is 0 Å². The Hall–Kier alpha value is -2.83. The first kappa shape index (κ1) is 22.4. The number of aromatic nitrogens is 2. The molecule has 1 unspecified atom stereocenters. The van der Waals surface area contributed by atoms with E-state index in [9.17, 15) is 5.11 Å². The van der Waals surface area contributed by atoms with Gasteiger partial charge in [0.05, 0.1) is 5.60 Å². The number of ether oxygens (including phenoxy) is 2. The predicted molar refractivity (Wildman–Crippen MR) is 125 cm³/mol. The van der Waals surface area contributed by atoms with Crippen molar-refractivity contribution in [3.63, 3.8) is 0 Å². The highest BCUT2D eigenvalue weighted by Gasteiger charge is 2.31. The summed E-state index contributed by atoms with van der Waals surface area (Å²) in [6, 6.07) is 16.3. The molecule has 2 heterocycles. The molecule has 1 atom stereocenters. The monoisotopic (exact) mass is 435 g/mol. The molecule has 170 valence electrons. The lowest BCUT2D eigenvalue weighted by Crippen LogP contribution is -2.37. The minimum Gasteiger partial charge on any atom is -0.491 e. The summed E-state index contributed by atoms with van der Waals surface area (Å²) in [5.74, 6) is 2.56. The molecular weight excluding hydrogens is 402 g/mol. The quantitative estimate of drug-likeness (QED) is 0.577. The Morgan fingerprint density at radius 1 is 0.969 bits per heavy atom. The molecule has 1 aliphatic heterocycles. The summed E-state index contributed by atoms with van der Waals surface area (Å²) in [5.41, 5.74) is 1.67. The maximum absolute atomic E-state index is 11.1. The Bertz CT molecular complexity index is 984. The zero-order valence-corrected chi connectivity index (χ0v) is 19.0. The molecule has 3 aromatic rings. The van der Waals surface area contributed by atoms with Gasteiger partial charge in [0.25, 0.3) is 0 Å². The second-order valence-corrected chi connectivity index (χ2v) is 8.84. The van der Waals surface area contributed by atoms with E-state index >= 15 is 0 Å². The predicted octanol–water partition coefficient (Wildman–Crippen LogP) is 4.10. The van der Waals surface area contributed by atoms with Gasteiger partial charge in [-0.3, -0.25) is 4.90 Å². The molecule has 0 saturated carbocycles. The van der Waals surface area contributed by atoms with Gasteiger partial charge in [-0.05, 0) is 62.6 Å². The summed E-state index contributed by atoms with van der Waals surface area (Å²) in [5, 5.41) is 11.1. The van der Waals surface area contributed by atoms with E-state index in [1.807, 2.05) is 54.2 Å². The van der Waals surface area contributed by atoms with Crippen LogP contribution >= 0.6 is 0 Å². The van der Waals surface area contributed by atoms with E-state index in [0.29, 0.717) is 19.6 Å². The smallest absolute Gasteiger partial charge is 0.146 e. The number of nitrogens with zero attached hydrogens (tertiary/aromatic N) is 3. The molecule has 0 bridgehead atoms. The molecule has 32 heavy (non-hydrogen) atoms. The topological polar surface area (TPSA) is 59.8 Å². The first-order valence-electron chi connectivity index (χ1n) is 11.3. The van der Waals surface area contributed by atoms with Gasteiger partial charge in [0, 0.05) is 32.5 Å². The van der Waals surface area contributed by atoms with Crippen molar-refractivity contribution < 1.29 is 14.6 Å². The second-order valence-electron chi connectivity index (χ2n) is 8.84. The Morgan fingerprint density at radius 3 is 2.41 bits per heavy atom. The van der Waals surface area contributed by atoms with Gasteiger partial charge in [0.1, 0.15) is 30.5 Å². The van der Waals surface area contributed by atoms with E-state index in [4.69, 9.17) is 9.47 Å². The molecular formula is C26H33N3O3. The normalized spacial score (nSPS) is 19.5. The lowest BCUT2D eigenvalue weighted by molar-refractivity contribution is -0.0168. The van der Waals surface area contributed by atoms with Crippen molar-refractivity contribution in [2.24, 2.45) is 7.05 Å². The van der Waals surface area contributed by atoms with Crippen molar-refractivity contribution >= 4 is 0 Å². The highest BCUT2D eigenvalue weighted by molar-refractivity contribution is 5.28. The minimum atomic E-state index is -0.775. The minimum absolute atomic E-state index is 0.339. The van der Waals surface area contributed by atoms with E-state index in [1.165, 1.54) is 11.1 Å². The average molecular weight is 436 g/mol. The summed E-state index contributed by atoms with van der Waals surface area (Å²) in [6.45, 7) is 5.55. The van der Waals surface area contributed by atoms with Crippen LogP contribution in [0.1, 0.15) is 36.2 Å². The van der Waals surface area contributed by atoms with Crippen molar-refractivity contribution in [3.8, 4) is 11.5 Å². The molecule has 6 heteroatoms. The number of hydrogen-bond donors (Lipinski definition) is 1. The van der Waals surface area contributed by atoms with Gasteiger partial charge < -0.3 is 19.1 Å². The fourth-order valence-corrected chi connectivity index (χ4v) is 4.02. The zero-order chi connectivity index (χ0) is 22.4. The average Bonchev–Trinajstić information content (AvgIpc) is 3.12. The Balaban J connectivity index is 1.25. The van der Waals surface area contributed by atoms with Crippen LogP contribution in [0.2, 0.25) is 0 Å². The number of benzene rings is 2. The van der Waals surface area contributed by atoms with Crippen LogP contribution in [-0.4, -0.2) is 44.9 Å². The largest absolute Gasteiger partial charge is 0.491 e. The molecule has 4 rings (SSSR count). The maximum atomic E-state index is 11.1. The Morgan fingerprint density at radius 2 is 1.69 bits per heavy atom. The second kappa shape index (κ2) is 10.2.